The highest BCUT2D eigenvalue weighted by atomic mass is 16.5. The Balaban J connectivity index is 0.000000828. The minimum absolute atomic E-state index is 0.110. The highest BCUT2D eigenvalue weighted by Crippen LogP contribution is 2.22. The van der Waals surface area contributed by atoms with Gasteiger partial charge in [-0.15, -0.1) is 0 Å². The van der Waals surface area contributed by atoms with E-state index >= 15 is 0 Å². The van der Waals surface area contributed by atoms with Crippen LogP contribution >= 0.6 is 0 Å². The molecule has 5 nitrogen and oxygen atoms in total. The van der Waals surface area contributed by atoms with E-state index in [-0.39, 0.29) is 23.8 Å². The Labute approximate surface area is 165 Å². The van der Waals surface area contributed by atoms with E-state index in [4.69, 9.17) is 9.84 Å². The molecule has 1 N–H and O–H groups in total. The number of carbonyl (C=O) groups excluding carboxylic acids is 2. The summed E-state index contributed by atoms with van der Waals surface area (Å²) in [5, 5.41) is 8.06. The van der Waals surface area contributed by atoms with Gasteiger partial charge in [-0.25, -0.2) is 0 Å². The minimum atomic E-state index is -0.167. The molecule has 0 spiro atoms. The second kappa shape index (κ2) is 13.3. The second-order valence-electron chi connectivity index (χ2n) is 8.54. The minimum Gasteiger partial charge on any atom is -0.394 e. The molecule has 5 heteroatoms. The maximum atomic E-state index is 12.2. The number of ketones is 1. The van der Waals surface area contributed by atoms with Gasteiger partial charge in [-0.3, -0.25) is 9.59 Å². The molecule has 0 unspecified atom stereocenters. The van der Waals surface area contributed by atoms with E-state index in [0.717, 1.165) is 32.4 Å². The number of ether oxygens (including phenoxy) is 1. The molecule has 1 heterocycles. The molecule has 2 aliphatic rings. The first kappa shape index (κ1) is 24.1. The van der Waals surface area contributed by atoms with Gasteiger partial charge in [-0.1, -0.05) is 33.1 Å². The Morgan fingerprint density at radius 2 is 1.56 bits per heavy atom. The predicted molar refractivity (Wildman–Crippen MR) is 109 cm³/mol. The Kier molecular flexibility index (Phi) is 11.8. The van der Waals surface area contributed by atoms with Crippen molar-refractivity contribution in [1.82, 2.24) is 4.90 Å². The van der Waals surface area contributed by atoms with Gasteiger partial charge in [0.05, 0.1) is 6.10 Å². The summed E-state index contributed by atoms with van der Waals surface area (Å²) in [7, 11) is 0. The molecule has 1 amide bonds. The smallest absolute Gasteiger partial charge is 0.222 e. The number of rotatable bonds is 7. The normalized spacial score (nSPS) is 19.1. The zero-order chi connectivity index (χ0) is 20.2. The monoisotopic (exact) mass is 383 g/mol. The summed E-state index contributed by atoms with van der Waals surface area (Å²) in [4.78, 5) is 26.2. The fourth-order valence-corrected chi connectivity index (χ4v) is 3.75. The quantitative estimate of drug-likeness (QED) is 0.676. The maximum Gasteiger partial charge on any atom is 0.222 e. The van der Waals surface area contributed by atoms with Crippen molar-refractivity contribution in [2.45, 2.75) is 97.7 Å². The Bertz CT molecular complexity index is 419. The van der Waals surface area contributed by atoms with Crippen molar-refractivity contribution in [2.75, 3.05) is 19.7 Å². The molecule has 0 radical (unpaired) electrons. The van der Waals surface area contributed by atoms with E-state index in [2.05, 4.69) is 0 Å². The summed E-state index contributed by atoms with van der Waals surface area (Å²) in [5.74, 6) is 0.860. The molecule has 158 valence electrons. The van der Waals surface area contributed by atoms with Gasteiger partial charge in [-0.2, -0.15) is 0 Å². The fraction of sp³-hybridized carbons (Fsp3) is 0.909. The lowest BCUT2D eigenvalue weighted by atomic mass is 9.87. The zero-order valence-electron chi connectivity index (χ0n) is 17.9. The molecule has 0 aromatic rings. The van der Waals surface area contributed by atoms with Gasteiger partial charge < -0.3 is 14.7 Å². The van der Waals surface area contributed by atoms with E-state index in [1.807, 2.05) is 18.7 Å². The van der Waals surface area contributed by atoms with Gasteiger partial charge in [-0.05, 0) is 46.0 Å². The standard InChI is InChI=1S/C19H33NO3.C3H8O/c1-15(2)19(22)16-10-12-20(13-11-16)18(21)9-6-14-23-17-7-4-3-5-8-17;1-3(2)4/h15-17H,3-14H2,1-2H3;3-4H,1-2H3. The number of likely N-dealkylation sites (tertiary alicyclic amines) is 1. The van der Waals surface area contributed by atoms with Crippen LogP contribution < -0.4 is 0 Å². The van der Waals surface area contributed by atoms with Crippen molar-refractivity contribution >= 4 is 11.7 Å². The molecular weight excluding hydrogens is 342 g/mol. The van der Waals surface area contributed by atoms with Crippen LogP contribution in [0.15, 0.2) is 0 Å². The Morgan fingerprint density at radius 1 is 1.00 bits per heavy atom. The third-order valence-electron chi connectivity index (χ3n) is 5.26. The van der Waals surface area contributed by atoms with Gasteiger partial charge in [0, 0.05) is 44.1 Å². The number of nitrogens with zero attached hydrogens (tertiary/aromatic N) is 1. The molecule has 0 aromatic heterocycles. The molecule has 1 saturated carbocycles. The second-order valence-corrected chi connectivity index (χ2v) is 8.54. The van der Waals surface area contributed by atoms with Crippen molar-refractivity contribution < 1.29 is 19.4 Å². The molecule has 2 rings (SSSR count). The molecule has 0 aromatic carbocycles. The van der Waals surface area contributed by atoms with Gasteiger partial charge >= 0.3 is 0 Å². The summed E-state index contributed by atoms with van der Waals surface area (Å²) in [5.41, 5.74) is 0. The summed E-state index contributed by atoms with van der Waals surface area (Å²) < 4.78 is 5.88. The van der Waals surface area contributed by atoms with E-state index in [1.165, 1.54) is 32.1 Å². The van der Waals surface area contributed by atoms with Crippen LogP contribution in [0, 0.1) is 11.8 Å². The Hall–Kier alpha value is -0.940. The number of carbonyl (C=O) groups is 2. The van der Waals surface area contributed by atoms with Crippen LogP contribution in [0.5, 0.6) is 0 Å². The van der Waals surface area contributed by atoms with E-state index in [0.29, 0.717) is 24.9 Å². The number of hydrogen-bond acceptors (Lipinski definition) is 4. The van der Waals surface area contributed by atoms with Crippen LogP contribution in [0.3, 0.4) is 0 Å². The van der Waals surface area contributed by atoms with Crippen LogP contribution in [0.2, 0.25) is 0 Å². The average Bonchev–Trinajstić information content (AvgIpc) is 2.65. The third-order valence-corrected chi connectivity index (χ3v) is 5.26. The summed E-state index contributed by atoms with van der Waals surface area (Å²) >= 11 is 0. The predicted octanol–water partition coefficient (Wildman–Crippen LogP) is 3.97. The topological polar surface area (TPSA) is 66.8 Å². The third kappa shape index (κ3) is 10.2. The SMILES string of the molecule is CC(C)C(=O)C1CCN(C(=O)CCCOC2CCCCC2)CC1.CC(C)O. The van der Waals surface area contributed by atoms with Gasteiger partial charge in [0.15, 0.2) is 0 Å². The van der Waals surface area contributed by atoms with Crippen molar-refractivity contribution in [3.05, 3.63) is 0 Å². The first-order valence-electron chi connectivity index (χ1n) is 10.9. The molecule has 0 atom stereocenters. The van der Waals surface area contributed by atoms with Crippen molar-refractivity contribution in [2.24, 2.45) is 11.8 Å². The fourth-order valence-electron chi connectivity index (χ4n) is 3.75. The van der Waals surface area contributed by atoms with Gasteiger partial charge in [0.2, 0.25) is 5.91 Å². The van der Waals surface area contributed by atoms with Gasteiger partial charge in [0.1, 0.15) is 5.78 Å². The van der Waals surface area contributed by atoms with E-state index < -0.39 is 0 Å². The van der Waals surface area contributed by atoms with Crippen molar-refractivity contribution in [1.29, 1.82) is 0 Å². The molecule has 0 bridgehead atoms. The Morgan fingerprint density at radius 3 is 2.07 bits per heavy atom. The van der Waals surface area contributed by atoms with Crippen molar-refractivity contribution in [3.63, 3.8) is 0 Å². The molecular formula is C22H41NO4. The lowest BCUT2D eigenvalue weighted by Gasteiger charge is -2.32. The molecule has 1 saturated heterocycles. The van der Waals surface area contributed by atoms with Crippen LogP contribution in [-0.2, 0) is 14.3 Å². The van der Waals surface area contributed by atoms with Crippen LogP contribution in [0.1, 0.15) is 85.5 Å². The lowest BCUT2D eigenvalue weighted by molar-refractivity contribution is -0.136. The molecule has 27 heavy (non-hydrogen) atoms. The first-order chi connectivity index (χ1) is 12.8. The number of hydrogen-bond donors (Lipinski definition) is 1. The number of amides is 1. The van der Waals surface area contributed by atoms with E-state index in [1.54, 1.807) is 13.8 Å². The number of aliphatic hydroxyl groups is 1. The summed E-state index contributed by atoms with van der Waals surface area (Å²) in [6.07, 6.45) is 9.61. The zero-order valence-corrected chi connectivity index (χ0v) is 17.9. The highest BCUT2D eigenvalue weighted by Gasteiger charge is 2.28. The van der Waals surface area contributed by atoms with Crippen LogP contribution in [-0.4, -0.2) is 53.6 Å². The number of piperidine rings is 1. The largest absolute Gasteiger partial charge is 0.394 e. The first-order valence-corrected chi connectivity index (χ1v) is 10.9. The molecule has 1 aliphatic carbocycles. The van der Waals surface area contributed by atoms with Crippen molar-refractivity contribution in [3.8, 4) is 0 Å². The van der Waals surface area contributed by atoms with Crippen LogP contribution in [0.25, 0.3) is 0 Å². The highest BCUT2D eigenvalue weighted by molar-refractivity contribution is 5.83. The number of aliphatic hydroxyl groups excluding tert-OH is 1. The maximum absolute atomic E-state index is 12.2. The molecule has 1 aliphatic heterocycles. The van der Waals surface area contributed by atoms with Gasteiger partial charge in [0.25, 0.3) is 0 Å². The van der Waals surface area contributed by atoms with Crippen LogP contribution in [0.4, 0.5) is 0 Å². The summed E-state index contributed by atoms with van der Waals surface area (Å²) in [6.45, 7) is 9.56. The lowest BCUT2D eigenvalue weighted by Crippen LogP contribution is -2.41. The molecule has 2 fully saturated rings. The summed E-state index contributed by atoms with van der Waals surface area (Å²) in [6, 6.07) is 0. The average molecular weight is 384 g/mol. The van der Waals surface area contributed by atoms with E-state index in [9.17, 15) is 9.59 Å². The number of Topliss-reactive ketones (excluding diaryl/α,β-unsaturated/α-hetero) is 1.